The number of hydrogen-bond donors (Lipinski definition) is 2. The molecule has 0 saturated carbocycles. The van der Waals surface area contributed by atoms with E-state index in [1.54, 1.807) is 6.92 Å². The maximum atomic E-state index is 12.0. The van der Waals surface area contributed by atoms with Crippen LogP contribution in [-0.2, 0) is 4.79 Å². The van der Waals surface area contributed by atoms with Crippen molar-refractivity contribution in [1.82, 2.24) is 4.98 Å². The highest BCUT2D eigenvalue weighted by Crippen LogP contribution is 2.28. The van der Waals surface area contributed by atoms with Crippen LogP contribution >= 0.6 is 0 Å². The summed E-state index contributed by atoms with van der Waals surface area (Å²) >= 11 is 0. The highest BCUT2D eigenvalue weighted by molar-refractivity contribution is 5.93. The Hall–Kier alpha value is -2.50. The zero-order valence-corrected chi connectivity index (χ0v) is 10.3. The average Bonchev–Trinajstić information content (AvgIpc) is 2.83. The fourth-order valence-electron chi connectivity index (χ4n) is 1.86. The van der Waals surface area contributed by atoms with Gasteiger partial charge in [0.05, 0.1) is 17.9 Å². The molecule has 1 aromatic carbocycles. The predicted molar refractivity (Wildman–Crippen MR) is 69.2 cm³/mol. The monoisotopic (exact) mass is 259 g/mol. The number of nitrogens with one attached hydrogen (secondary N) is 2. The molecule has 98 valence electrons. The van der Waals surface area contributed by atoms with Crippen LogP contribution in [0.25, 0.3) is 0 Å². The van der Waals surface area contributed by atoms with E-state index in [1.165, 1.54) is 6.26 Å². The van der Waals surface area contributed by atoms with Gasteiger partial charge in [-0.1, -0.05) is 12.1 Å². The number of carbonyl (C=O) groups is 1. The van der Waals surface area contributed by atoms with Gasteiger partial charge in [0, 0.05) is 0 Å². The maximum absolute atomic E-state index is 12.0. The van der Waals surface area contributed by atoms with E-state index in [2.05, 4.69) is 15.6 Å². The summed E-state index contributed by atoms with van der Waals surface area (Å²) in [6, 6.07) is 7.67. The number of rotatable bonds is 2. The second-order valence-corrected chi connectivity index (χ2v) is 4.27. The van der Waals surface area contributed by atoms with E-state index in [9.17, 15) is 4.79 Å². The number of para-hydroxylation sites is 2. The molecule has 0 radical (unpaired) electrons. The van der Waals surface area contributed by atoms with Crippen molar-refractivity contribution < 1.29 is 13.9 Å². The van der Waals surface area contributed by atoms with Crippen LogP contribution in [0.2, 0.25) is 0 Å². The van der Waals surface area contributed by atoms with E-state index in [0.717, 1.165) is 5.69 Å². The number of fused-ring (bicyclic) bond motifs is 1. The normalized spacial score (nSPS) is 17.0. The van der Waals surface area contributed by atoms with Crippen LogP contribution in [0.3, 0.4) is 0 Å². The number of aromatic nitrogens is 1. The van der Waals surface area contributed by atoms with Crippen molar-refractivity contribution >= 4 is 17.6 Å². The molecule has 0 aliphatic carbocycles. The summed E-state index contributed by atoms with van der Waals surface area (Å²) in [5.41, 5.74) is 1.60. The number of amides is 1. The molecule has 1 amide bonds. The van der Waals surface area contributed by atoms with Crippen LogP contribution < -0.4 is 15.4 Å². The summed E-state index contributed by atoms with van der Waals surface area (Å²) in [4.78, 5) is 16.0. The number of ether oxygens (including phenoxy) is 1. The van der Waals surface area contributed by atoms with E-state index < -0.39 is 6.10 Å². The molecule has 2 N–H and O–H groups in total. The van der Waals surface area contributed by atoms with Crippen molar-refractivity contribution in [2.45, 2.75) is 13.0 Å². The van der Waals surface area contributed by atoms with Gasteiger partial charge in [-0.3, -0.25) is 10.1 Å². The summed E-state index contributed by atoms with van der Waals surface area (Å²) in [5.74, 6) is 0.376. The quantitative estimate of drug-likeness (QED) is 0.860. The van der Waals surface area contributed by atoms with Gasteiger partial charge in [-0.05, 0) is 19.1 Å². The minimum absolute atomic E-state index is 0.185. The Bertz CT molecular complexity index is 609. The SMILES string of the molecule is Cc1coc(NC(=O)C2CNc3ccccc3O2)n1. The molecule has 1 aliphatic rings. The van der Waals surface area contributed by atoms with Crippen LogP contribution in [0.1, 0.15) is 5.69 Å². The standard InChI is InChI=1S/C13H13N3O3/c1-8-7-18-13(15-8)16-12(17)11-6-14-9-4-2-3-5-10(9)19-11/h2-5,7,11,14H,6H2,1H3,(H,15,16,17). The first-order chi connectivity index (χ1) is 9.22. The van der Waals surface area contributed by atoms with Crippen LogP contribution in [0.4, 0.5) is 11.7 Å². The van der Waals surface area contributed by atoms with Crippen molar-refractivity contribution in [1.29, 1.82) is 0 Å². The van der Waals surface area contributed by atoms with Crippen molar-refractivity contribution in [2.75, 3.05) is 17.2 Å². The van der Waals surface area contributed by atoms with Gasteiger partial charge in [0.1, 0.15) is 12.0 Å². The van der Waals surface area contributed by atoms with Crippen LogP contribution in [-0.4, -0.2) is 23.5 Å². The Morgan fingerprint density at radius 1 is 1.47 bits per heavy atom. The summed E-state index contributed by atoms with van der Waals surface area (Å²) in [6.45, 7) is 2.19. The molecule has 1 unspecified atom stereocenters. The van der Waals surface area contributed by atoms with E-state index in [1.807, 2.05) is 24.3 Å². The maximum Gasteiger partial charge on any atom is 0.301 e. The Morgan fingerprint density at radius 2 is 2.32 bits per heavy atom. The van der Waals surface area contributed by atoms with Gasteiger partial charge in [0.15, 0.2) is 6.10 Å². The lowest BCUT2D eigenvalue weighted by molar-refractivity contribution is -0.122. The van der Waals surface area contributed by atoms with Crippen LogP contribution in [0.15, 0.2) is 34.9 Å². The minimum Gasteiger partial charge on any atom is -0.477 e. The topological polar surface area (TPSA) is 76.4 Å². The van der Waals surface area contributed by atoms with Gasteiger partial charge in [-0.25, -0.2) is 0 Å². The van der Waals surface area contributed by atoms with Crippen molar-refractivity contribution in [2.24, 2.45) is 0 Å². The average molecular weight is 259 g/mol. The first-order valence-corrected chi connectivity index (χ1v) is 5.95. The summed E-state index contributed by atoms with van der Waals surface area (Å²) in [7, 11) is 0. The minimum atomic E-state index is -0.609. The van der Waals surface area contributed by atoms with Gasteiger partial charge in [-0.15, -0.1) is 0 Å². The number of benzene rings is 1. The van der Waals surface area contributed by atoms with E-state index in [0.29, 0.717) is 18.0 Å². The van der Waals surface area contributed by atoms with E-state index in [4.69, 9.17) is 9.15 Å². The number of nitrogens with zero attached hydrogens (tertiary/aromatic N) is 1. The Labute approximate surface area is 109 Å². The first kappa shape index (κ1) is 11.6. The smallest absolute Gasteiger partial charge is 0.301 e. The second-order valence-electron chi connectivity index (χ2n) is 4.27. The molecule has 19 heavy (non-hydrogen) atoms. The fourth-order valence-corrected chi connectivity index (χ4v) is 1.86. The zero-order valence-electron chi connectivity index (χ0n) is 10.3. The summed E-state index contributed by atoms with van der Waals surface area (Å²) in [6.07, 6.45) is 0.868. The number of hydrogen-bond acceptors (Lipinski definition) is 5. The Morgan fingerprint density at radius 3 is 3.11 bits per heavy atom. The molecule has 6 nitrogen and oxygen atoms in total. The highest BCUT2D eigenvalue weighted by Gasteiger charge is 2.26. The third kappa shape index (κ3) is 2.37. The van der Waals surface area contributed by atoms with E-state index in [-0.39, 0.29) is 11.9 Å². The molecule has 1 aromatic heterocycles. The fraction of sp³-hybridized carbons (Fsp3) is 0.231. The van der Waals surface area contributed by atoms with Gasteiger partial charge >= 0.3 is 6.01 Å². The molecule has 1 atom stereocenters. The molecule has 0 spiro atoms. The molecule has 0 saturated heterocycles. The zero-order chi connectivity index (χ0) is 13.2. The van der Waals surface area contributed by atoms with Crippen molar-refractivity contribution in [3.63, 3.8) is 0 Å². The second kappa shape index (κ2) is 4.64. The van der Waals surface area contributed by atoms with Crippen LogP contribution in [0.5, 0.6) is 5.75 Å². The predicted octanol–water partition coefficient (Wildman–Crippen LogP) is 1.79. The van der Waals surface area contributed by atoms with Crippen molar-refractivity contribution in [3.8, 4) is 5.75 Å². The summed E-state index contributed by atoms with van der Waals surface area (Å²) < 4.78 is 10.7. The molecular formula is C13H13N3O3. The number of oxazole rings is 1. The largest absolute Gasteiger partial charge is 0.477 e. The molecular weight excluding hydrogens is 246 g/mol. The van der Waals surface area contributed by atoms with Gasteiger partial charge in [0.2, 0.25) is 0 Å². The molecule has 0 fully saturated rings. The Kier molecular flexibility index (Phi) is 2.83. The van der Waals surface area contributed by atoms with E-state index >= 15 is 0 Å². The van der Waals surface area contributed by atoms with Gasteiger partial charge < -0.3 is 14.5 Å². The molecule has 0 bridgehead atoms. The number of carbonyl (C=O) groups excluding carboxylic acids is 1. The van der Waals surface area contributed by atoms with Crippen molar-refractivity contribution in [3.05, 3.63) is 36.2 Å². The van der Waals surface area contributed by atoms with Crippen LogP contribution in [0, 0.1) is 6.92 Å². The molecule has 2 aromatic rings. The highest BCUT2D eigenvalue weighted by atomic mass is 16.5. The lowest BCUT2D eigenvalue weighted by Gasteiger charge is -2.25. The molecule has 6 heteroatoms. The summed E-state index contributed by atoms with van der Waals surface area (Å²) in [5, 5.41) is 5.73. The number of aryl methyl sites for hydroxylation is 1. The molecule has 1 aliphatic heterocycles. The molecule has 2 heterocycles. The molecule has 3 rings (SSSR count). The Balaban J connectivity index is 1.69. The van der Waals surface area contributed by atoms with Gasteiger partial charge in [0.25, 0.3) is 5.91 Å². The lowest BCUT2D eigenvalue weighted by Crippen LogP contribution is -2.41. The number of anilines is 2. The lowest BCUT2D eigenvalue weighted by atomic mass is 10.2. The van der Waals surface area contributed by atoms with Gasteiger partial charge in [-0.2, -0.15) is 4.98 Å². The first-order valence-electron chi connectivity index (χ1n) is 5.95. The third-order valence-electron chi connectivity index (χ3n) is 2.78. The third-order valence-corrected chi connectivity index (χ3v) is 2.78.